The number of anilines is 2. The minimum atomic E-state index is 0.00647. The molecule has 0 radical (unpaired) electrons. The number of aromatic nitrogens is 2. The van der Waals surface area contributed by atoms with Crippen molar-refractivity contribution in [2.45, 2.75) is 26.2 Å². The monoisotopic (exact) mass is 319 g/mol. The maximum Gasteiger partial charge on any atom is 0.225 e. The molecule has 3 rings (SSSR count). The standard InChI is InChI=1S/C16H25N5O2/c1-12-10-14(21-7-2-3-8-21)20-16(19-12)18-6-5-17-15(22)13-4-9-23-11-13/h10,13H,2-9,11H2,1H3,(H,17,22)(H,18,19,20). The number of carbonyl (C=O) groups excluding carboxylic acids is 1. The zero-order valence-corrected chi connectivity index (χ0v) is 13.7. The van der Waals surface area contributed by atoms with Crippen LogP contribution < -0.4 is 15.5 Å². The largest absolute Gasteiger partial charge is 0.381 e. The first kappa shape index (κ1) is 16.0. The number of nitrogens with one attached hydrogen (secondary N) is 2. The first-order chi connectivity index (χ1) is 11.2. The van der Waals surface area contributed by atoms with Gasteiger partial charge in [0.1, 0.15) is 5.82 Å². The SMILES string of the molecule is Cc1cc(N2CCCC2)nc(NCCNC(=O)C2CCOC2)n1. The molecule has 0 aliphatic carbocycles. The van der Waals surface area contributed by atoms with Crippen molar-refractivity contribution >= 4 is 17.7 Å². The van der Waals surface area contributed by atoms with E-state index in [9.17, 15) is 4.79 Å². The fourth-order valence-corrected chi connectivity index (χ4v) is 2.98. The number of nitrogens with zero attached hydrogens (tertiary/aromatic N) is 3. The van der Waals surface area contributed by atoms with Crippen molar-refractivity contribution in [3.8, 4) is 0 Å². The molecular weight excluding hydrogens is 294 g/mol. The normalized spacial score (nSPS) is 20.7. The summed E-state index contributed by atoms with van der Waals surface area (Å²) in [5, 5.41) is 6.13. The molecule has 0 spiro atoms. The second-order valence-corrected chi connectivity index (χ2v) is 6.16. The van der Waals surface area contributed by atoms with Crippen molar-refractivity contribution in [2.24, 2.45) is 5.92 Å². The lowest BCUT2D eigenvalue weighted by Gasteiger charge is -2.17. The Balaban J connectivity index is 1.46. The Hall–Kier alpha value is -1.89. The van der Waals surface area contributed by atoms with Crippen LogP contribution in [0.15, 0.2) is 6.07 Å². The lowest BCUT2D eigenvalue weighted by atomic mass is 10.1. The molecule has 1 amide bonds. The van der Waals surface area contributed by atoms with Crippen LogP contribution in [0.4, 0.5) is 11.8 Å². The molecule has 7 nitrogen and oxygen atoms in total. The van der Waals surface area contributed by atoms with E-state index in [0.717, 1.165) is 31.0 Å². The highest BCUT2D eigenvalue weighted by atomic mass is 16.5. The van der Waals surface area contributed by atoms with Gasteiger partial charge >= 0.3 is 0 Å². The lowest BCUT2D eigenvalue weighted by Crippen LogP contribution is -2.34. The van der Waals surface area contributed by atoms with Gasteiger partial charge in [-0.2, -0.15) is 4.98 Å². The first-order valence-electron chi connectivity index (χ1n) is 8.42. The van der Waals surface area contributed by atoms with Crippen LogP contribution in [0.25, 0.3) is 0 Å². The third-order valence-electron chi connectivity index (χ3n) is 4.28. The molecule has 23 heavy (non-hydrogen) atoms. The second kappa shape index (κ2) is 7.59. The Labute approximate surface area is 136 Å². The maximum absolute atomic E-state index is 11.9. The van der Waals surface area contributed by atoms with Crippen LogP contribution in [0.5, 0.6) is 0 Å². The van der Waals surface area contributed by atoms with Gasteiger partial charge < -0.3 is 20.3 Å². The van der Waals surface area contributed by atoms with Crippen molar-refractivity contribution in [3.63, 3.8) is 0 Å². The van der Waals surface area contributed by atoms with Gasteiger partial charge in [0, 0.05) is 44.5 Å². The van der Waals surface area contributed by atoms with Crippen LogP contribution in [-0.2, 0) is 9.53 Å². The van der Waals surface area contributed by atoms with E-state index >= 15 is 0 Å². The Kier molecular flexibility index (Phi) is 5.27. The number of rotatable bonds is 6. The summed E-state index contributed by atoms with van der Waals surface area (Å²) in [6, 6.07) is 2.03. The minimum Gasteiger partial charge on any atom is -0.381 e. The second-order valence-electron chi connectivity index (χ2n) is 6.16. The van der Waals surface area contributed by atoms with Gasteiger partial charge in [0.2, 0.25) is 11.9 Å². The Morgan fingerprint density at radius 1 is 1.35 bits per heavy atom. The van der Waals surface area contributed by atoms with Gasteiger partial charge in [0.25, 0.3) is 0 Å². The lowest BCUT2D eigenvalue weighted by molar-refractivity contribution is -0.124. The summed E-state index contributed by atoms with van der Waals surface area (Å²) < 4.78 is 5.23. The van der Waals surface area contributed by atoms with E-state index in [4.69, 9.17) is 4.74 Å². The molecular formula is C16H25N5O2. The third-order valence-corrected chi connectivity index (χ3v) is 4.28. The van der Waals surface area contributed by atoms with Crippen LogP contribution >= 0.6 is 0 Å². The van der Waals surface area contributed by atoms with Gasteiger partial charge in [-0.3, -0.25) is 4.79 Å². The fraction of sp³-hybridized carbons (Fsp3) is 0.688. The molecule has 1 aromatic heterocycles. The molecule has 2 N–H and O–H groups in total. The number of amides is 1. The van der Waals surface area contributed by atoms with E-state index in [-0.39, 0.29) is 11.8 Å². The Bertz CT molecular complexity index is 539. The van der Waals surface area contributed by atoms with Crippen LogP contribution in [-0.4, -0.2) is 55.3 Å². The van der Waals surface area contributed by atoms with E-state index in [1.54, 1.807) is 0 Å². The molecule has 0 aromatic carbocycles. The van der Waals surface area contributed by atoms with Gasteiger partial charge in [-0.05, 0) is 26.2 Å². The smallest absolute Gasteiger partial charge is 0.225 e. The minimum absolute atomic E-state index is 0.00647. The van der Waals surface area contributed by atoms with Gasteiger partial charge in [0.15, 0.2) is 0 Å². The van der Waals surface area contributed by atoms with Crippen molar-refractivity contribution in [2.75, 3.05) is 49.6 Å². The first-order valence-corrected chi connectivity index (χ1v) is 8.42. The average Bonchev–Trinajstić information content (AvgIpc) is 3.23. The summed E-state index contributed by atoms with van der Waals surface area (Å²) in [6.07, 6.45) is 3.27. The summed E-state index contributed by atoms with van der Waals surface area (Å²) in [4.78, 5) is 23.2. The summed E-state index contributed by atoms with van der Waals surface area (Å²) in [6.45, 7) is 6.51. The number of carbonyl (C=O) groups is 1. The van der Waals surface area contributed by atoms with E-state index in [1.165, 1.54) is 12.8 Å². The molecule has 1 atom stereocenters. The highest BCUT2D eigenvalue weighted by Crippen LogP contribution is 2.19. The Morgan fingerprint density at radius 2 is 2.17 bits per heavy atom. The molecule has 2 aliphatic rings. The predicted octanol–water partition coefficient (Wildman–Crippen LogP) is 0.950. The summed E-state index contributed by atoms with van der Waals surface area (Å²) in [7, 11) is 0. The topological polar surface area (TPSA) is 79.4 Å². The molecule has 1 aromatic rings. The molecule has 2 fully saturated rings. The third kappa shape index (κ3) is 4.31. The van der Waals surface area contributed by atoms with Gasteiger partial charge in [-0.25, -0.2) is 4.98 Å². The zero-order chi connectivity index (χ0) is 16.1. The summed E-state index contributed by atoms with van der Waals surface area (Å²) >= 11 is 0. The number of hydrogen-bond donors (Lipinski definition) is 2. The molecule has 2 aliphatic heterocycles. The van der Waals surface area contributed by atoms with Crippen LogP contribution in [0.2, 0.25) is 0 Å². The van der Waals surface area contributed by atoms with Crippen LogP contribution in [0.3, 0.4) is 0 Å². The van der Waals surface area contributed by atoms with E-state index in [0.29, 0.717) is 32.3 Å². The van der Waals surface area contributed by atoms with Crippen molar-refractivity contribution < 1.29 is 9.53 Å². The van der Waals surface area contributed by atoms with Crippen LogP contribution in [0.1, 0.15) is 25.0 Å². The highest BCUT2D eigenvalue weighted by molar-refractivity contribution is 5.79. The summed E-state index contributed by atoms with van der Waals surface area (Å²) in [5.41, 5.74) is 0.955. The summed E-state index contributed by atoms with van der Waals surface area (Å²) in [5.74, 6) is 1.70. The van der Waals surface area contributed by atoms with Crippen molar-refractivity contribution in [1.29, 1.82) is 0 Å². The molecule has 7 heteroatoms. The number of ether oxygens (including phenoxy) is 1. The van der Waals surface area contributed by atoms with Crippen molar-refractivity contribution in [3.05, 3.63) is 11.8 Å². The maximum atomic E-state index is 11.9. The zero-order valence-electron chi connectivity index (χ0n) is 13.7. The highest BCUT2D eigenvalue weighted by Gasteiger charge is 2.22. The molecule has 1 unspecified atom stereocenters. The van der Waals surface area contributed by atoms with E-state index in [2.05, 4.69) is 25.5 Å². The molecule has 126 valence electrons. The van der Waals surface area contributed by atoms with E-state index in [1.807, 2.05) is 13.0 Å². The Morgan fingerprint density at radius 3 is 2.91 bits per heavy atom. The number of aryl methyl sites for hydroxylation is 1. The molecule has 2 saturated heterocycles. The average molecular weight is 319 g/mol. The molecule has 0 saturated carbocycles. The molecule has 3 heterocycles. The quantitative estimate of drug-likeness (QED) is 0.760. The van der Waals surface area contributed by atoms with E-state index < -0.39 is 0 Å². The van der Waals surface area contributed by atoms with Crippen molar-refractivity contribution in [1.82, 2.24) is 15.3 Å². The van der Waals surface area contributed by atoms with Crippen LogP contribution in [0, 0.1) is 12.8 Å². The number of hydrogen-bond acceptors (Lipinski definition) is 6. The fourth-order valence-electron chi connectivity index (χ4n) is 2.98. The predicted molar refractivity (Wildman–Crippen MR) is 88.6 cm³/mol. The van der Waals surface area contributed by atoms with Gasteiger partial charge in [-0.1, -0.05) is 0 Å². The van der Waals surface area contributed by atoms with Gasteiger partial charge in [-0.15, -0.1) is 0 Å². The van der Waals surface area contributed by atoms with Gasteiger partial charge in [0.05, 0.1) is 12.5 Å². The molecule has 0 bridgehead atoms.